The van der Waals surface area contributed by atoms with Crippen LogP contribution in [-0.2, 0) is 16.6 Å². The molecule has 0 amide bonds. The fourth-order valence-corrected chi connectivity index (χ4v) is 4.11. The molecule has 1 saturated heterocycles. The van der Waals surface area contributed by atoms with E-state index in [0.717, 1.165) is 55.4 Å². The molecule has 0 saturated carbocycles. The predicted octanol–water partition coefficient (Wildman–Crippen LogP) is 3.40. The normalized spacial score (nSPS) is 17.4. The standard InChI is InChI=1S/C24H30FN3O3/c1-2-26-23(27-11-8-18-6-7-21-22(14-18)31-17-30-21)28-16-24(9-12-29-13-10-24)19-4-3-5-20(25)15-19/h3-7,14-15H,2,8-13,16-17H2,1H3,(H2,26,27,28). The maximum Gasteiger partial charge on any atom is 0.231 e. The van der Waals surface area contributed by atoms with E-state index in [4.69, 9.17) is 19.2 Å². The van der Waals surface area contributed by atoms with E-state index in [1.165, 1.54) is 11.6 Å². The molecular formula is C24H30FN3O3. The minimum atomic E-state index is -0.208. The van der Waals surface area contributed by atoms with Crippen LogP contribution < -0.4 is 20.1 Å². The van der Waals surface area contributed by atoms with Gasteiger partial charge in [0.05, 0.1) is 6.54 Å². The van der Waals surface area contributed by atoms with Crippen molar-refractivity contribution in [3.05, 3.63) is 59.4 Å². The van der Waals surface area contributed by atoms with Gasteiger partial charge in [-0.3, -0.25) is 4.99 Å². The average molecular weight is 428 g/mol. The number of fused-ring (bicyclic) bond motifs is 1. The lowest BCUT2D eigenvalue weighted by atomic mass is 9.74. The molecule has 7 heteroatoms. The lowest BCUT2D eigenvalue weighted by Gasteiger charge is -2.36. The van der Waals surface area contributed by atoms with E-state index < -0.39 is 0 Å². The molecular weight excluding hydrogens is 397 g/mol. The highest BCUT2D eigenvalue weighted by Gasteiger charge is 2.34. The molecule has 0 bridgehead atoms. The second kappa shape index (κ2) is 10.0. The fraction of sp³-hybridized carbons (Fsp3) is 0.458. The quantitative estimate of drug-likeness (QED) is 0.524. The first-order valence-corrected chi connectivity index (χ1v) is 10.9. The van der Waals surface area contributed by atoms with Crippen molar-refractivity contribution in [2.24, 2.45) is 4.99 Å². The summed E-state index contributed by atoms with van der Waals surface area (Å²) in [4.78, 5) is 4.88. The molecule has 6 nitrogen and oxygen atoms in total. The number of ether oxygens (including phenoxy) is 3. The molecule has 4 rings (SSSR count). The van der Waals surface area contributed by atoms with Gasteiger partial charge in [-0.15, -0.1) is 0 Å². The largest absolute Gasteiger partial charge is 0.454 e. The molecule has 0 aromatic heterocycles. The van der Waals surface area contributed by atoms with E-state index in [2.05, 4.69) is 16.7 Å². The summed E-state index contributed by atoms with van der Waals surface area (Å²) in [6.07, 6.45) is 2.50. The van der Waals surface area contributed by atoms with Crippen LogP contribution in [0.1, 0.15) is 30.9 Å². The average Bonchev–Trinajstić information content (AvgIpc) is 3.26. The highest BCUT2D eigenvalue weighted by atomic mass is 19.1. The van der Waals surface area contributed by atoms with E-state index in [1.54, 1.807) is 12.1 Å². The number of halogens is 1. The van der Waals surface area contributed by atoms with Gasteiger partial charge in [0.25, 0.3) is 0 Å². The first-order valence-electron chi connectivity index (χ1n) is 10.9. The zero-order valence-corrected chi connectivity index (χ0v) is 18.0. The minimum Gasteiger partial charge on any atom is -0.454 e. The van der Waals surface area contributed by atoms with E-state index in [1.807, 2.05) is 25.1 Å². The molecule has 0 unspecified atom stereocenters. The monoisotopic (exact) mass is 427 g/mol. The lowest BCUT2D eigenvalue weighted by molar-refractivity contribution is 0.0530. The number of hydrogen-bond acceptors (Lipinski definition) is 4. The molecule has 2 aromatic carbocycles. The van der Waals surface area contributed by atoms with Gasteiger partial charge >= 0.3 is 0 Å². The zero-order valence-electron chi connectivity index (χ0n) is 18.0. The Labute approximate surface area is 182 Å². The second-order valence-electron chi connectivity index (χ2n) is 7.96. The highest BCUT2D eigenvalue weighted by molar-refractivity contribution is 5.79. The van der Waals surface area contributed by atoms with Crippen LogP contribution in [0.15, 0.2) is 47.5 Å². The predicted molar refractivity (Wildman–Crippen MR) is 118 cm³/mol. The number of nitrogens with one attached hydrogen (secondary N) is 2. The SMILES string of the molecule is CCNC(=NCC1(c2cccc(F)c2)CCOCC1)NCCc1ccc2c(c1)OCO2. The summed E-state index contributed by atoms with van der Waals surface area (Å²) < 4.78 is 30.3. The van der Waals surface area contributed by atoms with Crippen LogP contribution in [0.4, 0.5) is 4.39 Å². The van der Waals surface area contributed by atoms with Gasteiger partial charge < -0.3 is 24.8 Å². The van der Waals surface area contributed by atoms with Crippen LogP contribution in [0, 0.1) is 5.82 Å². The Morgan fingerprint density at radius 3 is 2.71 bits per heavy atom. The minimum absolute atomic E-state index is 0.207. The van der Waals surface area contributed by atoms with Crippen LogP contribution in [-0.4, -0.2) is 45.6 Å². The molecule has 2 heterocycles. The number of nitrogens with zero attached hydrogens (tertiary/aromatic N) is 1. The Hall–Kier alpha value is -2.80. The fourth-order valence-electron chi connectivity index (χ4n) is 4.11. The smallest absolute Gasteiger partial charge is 0.231 e. The third kappa shape index (κ3) is 5.28. The summed E-state index contributed by atoms with van der Waals surface area (Å²) in [6.45, 7) is 5.76. The van der Waals surface area contributed by atoms with Gasteiger partial charge in [0.1, 0.15) is 5.82 Å². The third-order valence-corrected chi connectivity index (χ3v) is 5.91. The molecule has 2 aliphatic heterocycles. The second-order valence-corrected chi connectivity index (χ2v) is 7.96. The first-order chi connectivity index (χ1) is 15.2. The summed E-state index contributed by atoms with van der Waals surface area (Å²) in [7, 11) is 0. The van der Waals surface area contributed by atoms with E-state index >= 15 is 0 Å². The first kappa shape index (κ1) is 21.4. The third-order valence-electron chi connectivity index (χ3n) is 5.91. The Bertz CT molecular complexity index is 913. The number of guanidine groups is 1. The molecule has 31 heavy (non-hydrogen) atoms. The summed E-state index contributed by atoms with van der Waals surface area (Å²) in [5.41, 5.74) is 1.96. The van der Waals surface area contributed by atoms with Gasteiger partial charge in [0.2, 0.25) is 6.79 Å². The van der Waals surface area contributed by atoms with Crippen LogP contribution in [0.3, 0.4) is 0 Å². The van der Waals surface area contributed by atoms with Gasteiger partial charge in [-0.1, -0.05) is 18.2 Å². The maximum atomic E-state index is 13.9. The lowest BCUT2D eigenvalue weighted by Crippen LogP contribution is -2.41. The summed E-state index contributed by atoms with van der Waals surface area (Å²) in [6, 6.07) is 12.9. The van der Waals surface area contributed by atoms with Gasteiger partial charge in [0.15, 0.2) is 17.5 Å². The summed E-state index contributed by atoms with van der Waals surface area (Å²) >= 11 is 0. The molecule has 2 aromatic rings. The topological polar surface area (TPSA) is 64.1 Å². The van der Waals surface area contributed by atoms with Crippen LogP contribution in [0.5, 0.6) is 11.5 Å². The van der Waals surface area contributed by atoms with Gasteiger partial charge in [0, 0.05) is 31.7 Å². The van der Waals surface area contributed by atoms with E-state index in [0.29, 0.717) is 19.8 Å². The van der Waals surface area contributed by atoms with Crippen molar-refractivity contribution >= 4 is 5.96 Å². The summed E-state index contributed by atoms with van der Waals surface area (Å²) in [5, 5.41) is 6.74. The van der Waals surface area contributed by atoms with Gasteiger partial charge in [-0.2, -0.15) is 0 Å². The molecule has 2 aliphatic rings. The van der Waals surface area contributed by atoms with E-state index in [-0.39, 0.29) is 18.0 Å². The van der Waals surface area contributed by atoms with Crippen molar-refractivity contribution in [3.8, 4) is 11.5 Å². The van der Waals surface area contributed by atoms with E-state index in [9.17, 15) is 4.39 Å². The van der Waals surface area contributed by atoms with Crippen LogP contribution >= 0.6 is 0 Å². The van der Waals surface area contributed by atoms with Gasteiger partial charge in [-0.25, -0.2) is 4.39 Å². The Morgan fingerprint density at radius 2 is 1.90 bits per heavy atom. The molecule has 0 aliphatic carbocycles. The van der Waals surface area contributed by atoms with Crippen LogP contribution in [0.25, 0.3) is 0 Å². The zero-order chi connectivity index (χ0) is 21.5. The van der Waals surface area contributed by atoms with Crippen molar-refractivity contribution in [1.29, 1.82) is 0 Å². The Balaban J connectivity index is 1.42. The molecule has 2 N–H and O–H groups in total. The Kier molecular flexibility index (Phi) is 6.92. The van der Waals surface area contributed by atoms with Crippen molar-refractivity contribution < 1.29 is 18.6 Å². The number of rotatable bonds is 7. The summed E-state index contributed by atoms with van der Waals surface area (Å²) in [5.74, 6) is 2.16. The van der Waals surface area contributed by atoms with Crippen molar-refractivity contribution in [3.63, 3.8) is 0 Å². The van der Waals surface area contributed by atoms with Gasteiger partial charge in [-0.05, 0) is 61.6 Å². The molecule has 0 spiro atoms. The number of benzene rings is 2. The Morgan fingerprint density at radius 1 is 1.06 bits per heavy atom. The van der Waals surface area contributed by atoms with Crippen molar-refractivity contribution in [2.75, 3.05) is 39.6 Å². The maximum absolute atomic E-state index is 13.9. The highest BCUT2D eigenvalue weighted by Crippen LogP contribution is 2.35. The molecule has 0 atom stereocenters. The molecule has 0 radical (unpaired) electrons. The number of aliphatic imine (C=N–C) groups is 1. The van der Waals surface area contributed by atoms with Crippen molar-refractivity contribution in [2.45, 2.75) is 31.6 Å². The van der Waals surface area contributed by atoms with Crippen LogP contribution in [0.2, 0.25) is 0 Å². The number of hydrogen-bond donors (Lipinski definition) is 2. The van der Waals surface area contributed by atoms with Crippen molar-refractivity contribution in [1.82, 2.24) is 10.6 Å². The molecule has 1 fully saturated rings. The molecule has 166 valence electrons.